The van der Waals surface area contributed by atoms with E-state index in [2.05, 4.69) is 17.1 Å². The molecule has 2 fully saturated rings. The largest absolute Gasteiger partial charge is 0.339 e. The van der Waals surface area contributed by atoms with Gasteiger partial charge in [-0.1, -0.05) is 19.1 Å². The maximum absolute atomic E-state index is 12.9. The van der Waals surface area contributed by atoms with E-state index in [0.717, 1.165) is 19.6 Å². The predicted molar refractivity (Wildman–Crippen MR) is 95.4 cm³/mol. The number of likely N-dealkylation sites (N-methyl/N-ethyl adjacent to an activating group) is 1. The second-order valence-corrected chi connectivity index (χ2v) is 6.90. The normalized spacial score (nSPS) is 19.4. The first-order chi connectivity index (χ1) is 12.0. The van der Waals surface area contributed by atoms with Crippen LogP contribution in [0.15, 0.2) is 24.3 Å². The topological polar surface area (TPSA) is 69.7 Å². The third kappa shape index (κ3) is 3.58. The van der Waals surface area contributed by atoms with Crippen molar-refractivity contribution in [3.8, 4) is 0 Å². The summed E-state index contributed by atoms with van der Waals surface area (Å²) in [4.78, 5) is 41.2. The van der Waals surface area contributed by atoms with Crippen LogP contribution in [0.3, 0.4) is 0 Å². The number of anilines is 1. The molecule has 25 heavy (non-hydrogen) atoms. The smallest absolute Gasteiger partial charge is 0.240 e. The van der Waals surface area contributed by atoms with Gasteiger partial charge in [-0.2, -0.15) is 0 Å². The summed E-state index contributed by atoms with van der Waals surface area (Å²) in [6.07, 6.45) is 1.19. The molecule has 3 rings (SSSR count). The Balaban J connectivity index is 1.66. The summed E-state index contributed by atoms with van der Waals surface area (Å²) in [6, 6.07) is 6.84. The Hall–Kier alpha value is -2.21. The highest BCUT2D eigenvalue weighted by Crippen LogP contribution is 2.48. The van der Waals surface area contributed by atoms with Crippen molar-refractivity contribution in [3.63, 3.8) is 0 Å². The lowest BCUT2D eigenvalue weighted by Gasteiger charge is -2.35. The zero-order valence-corrected chi connectivity index (χ0v) is 14.9. The summed E-state index contributed by atoms with van der Waals surface area (Å²) in [5, 5.41) is 2.83. The van der Waals surface area contributed by atoms with Gasteiger partial charge in [-0.05, 0) is 38.4 Å². The minimum absolute atomic E-state index is 0.0523. The van der Waals surface area contributed by atoms with Gasteiger partial charge in [0.1, 0.15) is 5.41 Å². The van der Waals surface area contributed by atoms with Crippen LogP contribution in [0.1, 0.15) is 37.0 Å². The van der Waals surface area contributed by atoms with Crippen LogP contribution in [0.4, 0.5) is 5.69 Å². The molecule has 6 heteroatoms. The molecule has 0 atom stereocenters. The van der Waals surface area contributed by atoms with Crippen LogP contribution in [0.5, 0.6) is 0 Å². The highest BCUT2D eigenvalue weighted by molar-refractivity contribution is 6.13. The second kappa shape index (κ2) is 6.96. The van der Waals surface area contributed by atoms with Crippen molar-refractivity contribution in [1.29, 1.82) is 0 Å². The number of carbonyl (C=O) groups is 3. The first kappa shape index (κ1) is 17.6. The Morgan fingerprint density at radius 2 is 1.80 bits per heavy atom. The molecule has 0 radical (unpaired) electrons. The summed E-state index contributed by atoms with van der Waals surface area (Å²) in [6.45, 7) is 7.68. The molecule has 6 nitrogen and oxygen atoms in total. The van der Waals surface area contributed by atoms with Crippen LogP contribution in [-0.2, 0) is 9.59 Å². The third-order valence-electron chi connectivity index (χ3n) is 5.23. The van der Waals surface area contributed by atoms with Crippen LogP contribution in [0.2, 0.25) is 0 Å². The number of amides is 2. The van der Waals surface area contributed by atoms with E-state index in [1.807, 2.05) is 4.90 Å². The number of nitrogens with zero attached hydrogens (tertiary/aromatic N) is 2. The highest BCUT2D eigenvalue weighted by atomic mass is 16.2. The fourth-order valence-electron chi connectivity index (χ4n) is 3.30. The summed E-state index contributed by atoms with van der Waals surface area (Å²) >= 11 is 0. The minimum atomic E-state index is -0.916. The number of hydrogen-bond acceptors (Lipinski definition) is 4. The lowest BCUT2D eigenvalue weighted by Crippen LogP contribution is -2.52. The monoisotopic (exact) mass is 343 g/mol. The fourth-order valence-corrected chi connectivity index (χ4v) is 3.30. The molecule has 1 N–H and O–H groups in total. The Bertz CT molecular complexity index is 689. The van der Waals surface area contributed by atoms with E-state index < -0.39 is 5.41 Å². The van der Waals surface area contributed by atoms with Crippen molar-refractivity contribution < 1.29 is 14.4 Å². The molecule has 1 saturated heterocycles. The maximum Gasteiger partial charge on any atom is 0.240 e. The van der Waals surface area contributed by atoms with Crippen LogP contribution in [0.25, 0.3) is 0 Å². The SMILES string of the molecule is CCN1CCN(C(=O)C2(C(=O)Nc3cccc(C(C)=O)c3)CC2)CC1. The van der Waals surface area contributed by atoms with Crippen LogP contribution < -0.4 is 5.32 Å². The quantitative estimate of drug-likeness (QED) is 0.653. The van der Waals surface area contributed by atoms with Gasteiger partial charge in [0, 0.05) is 37.4 Å². The van der Waals surface area contributed by atoms with Gasteiger partial charge < -0.3 is 15.1 Å². The standard InChI is InChI=1S/C19H25N3O3/c1-3-21-9-11-22(12-10-21)18(25)19(7-8-19)17(24)20-16-6-4-5-15(13-16)14(2)23/h4-6,13H,3,7-12H2,1-2H3,(H,20,24). The molecular formula is C19H25N3O3. The van der Waals surface area contributed by atoms with Gasteiger partial charge in [-0.15, -0.1) is 0 Å². The fraction of sp³-hybridized carbons (Fsp3) is 0.526. The lowest BCUT2D eigenvalue weighted by atomic mass is 10.0. The number of carbonyl (C=O) groups excluding carboxylic acids is 3. The first-order valence-electron chi connectivity index (χ1n) is 8.90. The zero-order chi connectivity index (χ0) is 18.0. The van der Waals surface area contributed by atoms with E-state index in [4.69, 9.17) is 0 Å². The molecule has 1 aliphatic carbocycles. The first-order valence-corrected chi connectivity index (χ1v) is 8.90. The second-order valence-electron chi connectivity index (χ2n) is 6.90. The van der Waals surface area contributed by atoms with E-state index >= 15 is 0 Å². The lowest BCUT2D eigenvalue weighted by molar-refractivity contribution is -0.143. The highest BCUT2D eigenvalue weighted by Gasteiger charge is 2.58. The summed E-state index contributed by atoms with van der Waals surface area (Å²) in [5.74, 6) is -0.360. The van der Waals surface area contributed by atoms with E-state index in [0.29, 0.717) is 37.2 Å². The van der Waals surface area contributed by atoms with Crippen molar-refractivity contribution in [1.82, 2.24) is 9.80 Å². The number of ketones is 1. The number of hydrogen-bond donors (Lipinski definition) is 1. The van der Waals surface area contributed by atoms with Crippen LogP contribution in [0, 0.1) is 5.41 Å². The van der Waals surface area contributed by atoms with Gasteiger partial charge >= 0.3 is 0 Å². The van der Waals surface area contributed by atoms with Gasteiger partial charge in [-0.3, -0.25) is 14.4 Å². The molecule has 0 unspecified atom stereocenters. The van der Waals surface area contributed by atoms with Crippen molar-refractivity contribution in [2.75, 3.05) is 38.0 Å². The number of rotatable bonds is 5. The van der Waals surface area contributed by atoms with E-state index in [1.54, 1.807) is 24.3 Å². The Labute approximate surface area is 148 Å². The maximum atomic E-state index is 12.9. The zero-order valence-electron chi connectivity index (χ0n) is 14.9. The average Bonchev–Trinajstić information content (AvgIpc) is 3.43. The summed E-state index contributed by atoms with van der Waals surface area (Å²) in [5.41, 5.74) is 0.192. The van der Waals surface area contributed by atoms with Crippen LogP contribution >= 0.6 is 0 Å². The minimum Gasteiger partial charge on any atom is -0.339 e. The molecule has 2 amide bonds. The Morgan fingerprint density at radius 1 is 1.12 bits per heavy atom. The van der Waals surface area contributed by atoms with Crippen molar-refractivity contribution >= 4 is 23.3 Å². The molecule has 1 aliphatic heterocycles. The number of Topliss-reactive ketones (excluding diaryl/α,β-unsaturated/α-hetero) is 1. The summed E-state index contributed by atoms with van der Waals surface area (Å²) in [7, 11) is 0. The number of benzene rings is 1. The van der Waals surface area contributed by atoms with Crippen LogP contribution in [-0.4, -0.2) is 60.1 Å². The number of nitrogens with one attached hydrogen (secondary N) is 1. The molecule has 1 aromatic carbocycles. The van der Waals surface area contributed by atoms with Gasteiger partial charge in [0.15, 0.2) is 5.78 Å². The van der Waals surface area contributed by atoms with E-state index in [-0.39, 0.29) is 17.6 Å². The van der Waals surface area contributed by atoms with Crippen molar-refractivity contribution in [2.45, 2.75) is 26.7 Å². The van der Waals surface area contributed by atoms with Gasteiger partial charge in [0.2, 0.25) is 11.8 Å². The van der Waals surface area contributed by atoms with Gasteiger partial charge in [-0.25, -0.2) is 0 Å². The molecule has 0 spiro atoms. The molecule has 0 bridgehead atoms. The molecule has 1 saturated carbocycles. The average molecular weight is 343 g/mol. The summed E-state index contributed by atoms with van der Waals surface area (Å²) < 4.78 is 0. The Morgan fingerprint density at radius 3 is 2.36 bits per heavy atom. The van der Waals surface area contributed by atoms with Gasteiger partial charge in [0.25, 0.3) is 0 Å². The molecular weight excluding hydrogens is 318 g/mol. The van der Waals surface area contributed by atoms with Gasteiger partial charge in [0.05, 0.1) is 0 Å². The predicted octanol–water partition coefficient (Wildman–Crippen LogP) is 1.77. The molecule has 0 aromatic heterocycles. The van der Waals surface area contributed by atoms with E-state index in [1.165, 1.54) is 6.92 Å². The van der Waals surface area contributed by atoms with E-state index in [9.17, 15) is 14.4 Å². The number of piperazine rings is 1. The molecule has 1 aromatic rings. The van der Waals surface area contributed by atoms with Crippen molar-refractivity contribution in [2.24, 2.45) is 5.41 Å². The molecule has 1 heterocycles. The Kier molecular flexibility index (Phi) is 4.90. The van der Waals surface area contributed by atoms with Crippen molar-refractivity contribution in [3.05, 3.63) is 29.8 Å². The molecule has 134 valence electrons. The third-order valence-corrected chi connectivity index (χ3v) is 5.23. The molecule has 2 aliphatic rings.